The van der Waals surface area contributed by atoms with Crippen molar-refractivity contribution < 1.29 is 14.0 Å². The van der Waals surface area contributed by atoms with Gasteiger partial charge in [0.25, 0.3) is 5.91 Å². The Morgan fingerprint density at radius 1 is 1.08 bits per heavy atom. The predicted molar refractivity (Wildman–Crippen MR) is 140 cm³/mol. The maximum atomic E-state index is 12.7. The zero-order chi connectivity index (χ0) is 25.1. The van der Waals surface area contributed by atoms with Crippen LogP contribution in [0.5, 0.6) is 0 Å². The molecule has 3 heterocycles. The van der Waals surface area contributed by atoms with Crippen LogP contribution in [0.2, 0.25) is 0 Å². The smallest absolute Gasteiger partial charge is 0.287 e. The van der Waals surface area contributed by atoms with E-state index in [0.717, 1.165) is 27.0 Å². The second-order valence-electron chi connectivity index (χ2n) is 8.01. The number of benzene rings is 2. The maximum Gasteiger partial charge on any atom is 0.287 e. The molecule has 2 N–H and O–H groups in total. The number of furan rings is 1. The van der Waals surface area contributed by atoms with E-state index < -0.39 is 0 Å². The fraction of sp³-hybridized carbons (Fsp3) is 0.160. The van der Waals surface area contributed by atoms with Gasteiger partial charge >= 0.3 is 0 Å². The molecule has 36 heavy (non-hydrogen) atoms. The van der Waals surface area contributed by atoms with Gasteiger partial charge < -0.3 is 15.1 Å². The van der Waals surface area contributed by atoms with Crippen LogP contribution in [-0.2, 0) is 11.3 Å². The summed E-state index contributed by atoms with van der Waals surface area (Å²) in [7, 11) is 0. The van der Waals surface area contributed by atoms with Gasteiger partial charge in [0.1, 0.15) is 0 Å². The Balaban J connectivity index is 1.34. The monoisotopic (exact) mass is 518 g/mol. The van der Waals surface area contributed by atoms with E-state index in [-0.39, 0.29) is 29.9 Å². The second-order valence-corrected chi connectivity index (χ2v) is 9.98. The minimum atomic E-state index is -0.347. The quantitative estimate of drug-likeness (QED) is 0.285. The van der Waals surface area contributed by atoms with Crippen LogP contribution in [0.1, 0.15) is 27.5 Å². The number of aryl methyl sites for hydroxylation is 2. The molecular formula is C25H22N6O3S2. The number of hydrogen-bond donors (Lipinski definition) is 2. The fourth-order valence-electron chi connectivity index (χ4n) is 3.58. The van der Waals surface area contributed by atoms with Gasteiger partial charge in [-0.1, -0.05) is 47.4 Å². The summed E-state index contributed by atoms with van der Waals surface area (Å²) in [5.41, 5.74) is 3.82. The third-order valence-electron chi connectivity index (χ3n) is 5.33. The van der Waals surface area contributed by atoms with Crippen molar-refractivity contribution in [3.8, 4) is 5.69 Å². The van der Waals surface area contributed by atoms with Crippen LogP contribution in [0.3, 0.4) is 0 Å². The number of thiazole rings is 1. The number of fused-ring (bicyclic) bond motifs is 1. The van der Waals surface area contributed by atoms with E-state index in [2.05, 4.69) is 25.8 Å². The zero-order valence-corrected chi connectivity index (χ0v) is 21.2. The Labute approximate surface area is 215 Å². The molecule has 0 saturated carbocycles. The number of para-hydroxylation sites is 1. The fourth-order valence-corrected chi connectivity index (χ4v) is 5.22. The highest BCUT2D eigenvalue weighted by atomic mass is 32.2. The van der Waals surface area contributed by atoms with Crippen molar-refractivity contribution in [2.45, 2.75) is 25.5 Å². The minimum absolute atomic E-state index is 0.123. The third-order valence-corrected chi connectivity index (χ3v) is 7.21. The summed E-state index contributed by atoms with van der Waals surface area (Å²) in [5.74, 6) is 0.339. The number of rotatable bonds is 8. The predicted octanol–water partition coefficient (Wildman–Crippen LogP) is 4.75. The number of anilines is 1. The molecule has 11 heteroatoms. The van der Waals surface area contributed by atoms with E-state index in [4.69, 9.17) is 4.42 Å². The van der Waals surface area contributed by atoms with Gasteiger partial charge in [-0.05, 0) is 55.3 Å². The number of nitrogens with zero attached hydrogens (tertiary/aromatic N) is 4. The summed E-state index contributed by atoms with van der Waals surface area (Å²) < 4.78 is 8.05. The molecule has 2 aromatic carbocycles. The van der Waals surface area contributed by atoms with E-state index in [0.29, 0.717) is 16.1 Å². The highest BCUT2D eigenvalue weighted by Crippen LogP contribution is 2.27. The van der Waals surface area contributed by atoms with E-state index in [1.54, 1.807) is 12.1 Å². The third kappa shape index (κ3) is 5.16. The lowest BCUT2D eigenvalue weighted by Crippen LogP contribution is -2.24. The van der Waals surface area contributed by atoms with Crippen molar-refractivity contribution in [3.63, 3.8) is 0 Å². The van der Waals surface area contributed by atoms with Crippen molar-refractivity contribution in [2.75, 3.05) is 11.1 Å². The SMILES string of the molecule is Cc1ccc(C)c(-n2c(CNC(=O)c3ccco3)nnc2SCC(=O)Nc2nc3ccccc3s2)c1. The molecule has 0 radical (unpaired) electrons. The number of amides is 2. The minimum Gasteiger partial charge on any atom is -0.459 e. The molecule has 0 bridgehead atoms. The van der Waals surface area contributed by atoms with E-state index in [1.807, 2.05) is 60.9 Å². The zero-order valence-electron chi connectivity index (χ0n) is 19.5. The number of hydrogen-bond acceptors (Lipinski definition) is 8. The molecule has 5 rings (SSSR count). The number of aromatic nitrogens is 4. The molecular weight excluding hydrogens is 496 g/mol. The number of carbonyl (C=O) groups is 2. The van der Waals surface area contributed by atoms with Crippen LogP contribution in [0.25, 0.3) is 15.9 Å². The molecule has 0 fully saturated rings. The van der Waals surface area contributed by atoms with Crippen molar-refractivity contribution in [1.29, 1.82) is 0 Å². The Morgan fingerprint density at radius 2 is 1.94 bits per heavy atom. The molecule has 0 spiro atoms. The summed E-state index contributed by atoms with van der Waals surface area (Å²) in [6.07, 6.45) is 1.45. The van der Waals surface area contributed by atoms with E-state index in [1.165, 1.54) is 29.4 Å². The number of thioether (sulfide) groups is 1. The lowest BCUT2D eigenvalue weighted by molar-refractivity contribution is -0.113. The lowest BCUT2D eigenvalue weighted by Gasteiger charge is -2.14. The molecule has 9 nitrogen and oxygen atoms in total. The molecule has 0 aliphatic carbocycles. The topological polar surface area (TPSA) is 115 Å². The first-order chi connectivity index (χ1) is 17.5. The van der Waals surface area contributed by atoms with Gasteiger partial charge in [-0.3, -0.25) is 14.2 Å². The highest BCUT2D eigenvalue weighted by Gasteiger charge is 2.19. The molecule has 0 aliphatic heterocycles. The largest absolute Gasteiger partial charge is 0.459 e. The molecule has 2 amide bonds. The van der Waals surface area contributed by atoms with Crippen molar-refractivity contribution in [3.05, 3.63) is 83.6 Å². The molecule has 0 aliphatic rings. The normalized spacial score (nSPS) is 11.1. The van der Waals surface area contributed by atoms with Crippen LogP contribution in [0.4, 0.5) is 5.13 Å². The Morgan fingerprint density at radius 3 is 2.75 bits per heavy atom. The summed E-state index contributed by atoms with van der Waals surface area (Å²) in [4.78, 5) is 29.5. The van der Waals surface area contributed by atoms with Gasteiger partial charge in [0.15, 0.2) is 21.9 Å². The summed E-state index contributed by atoms with van der Waals surface area (Å²) >= 11 is 2.70. The average molecular weight is 519 g/mol. The van der Waals surface area contributed by atoms with Gasteiger partial charge in [-0.15, -0.1) is 10.2 Å². The second kappa shape index (κ2) is 10.3. The molecule has 0 saturated heterocycles. The molecule has 3 aromatic heterocycles. The summed E-state index contributed by atoms with van der Waals surface area (Å²) in [6.45, 7) is 4.14. The van der Waals surface area contributed by atoms with Gasteiger partial charge in [-0.2, -0.15) is 0 Å². The van der Waals surface area contributed by atoms with Gasteiger partial charge in [0.2, 0.25) is 5.91 Å². The number of nitrogens with one attached hydrogen (secondary N) is 2. The molecule has 0 atom stereocenters. The maximum absolute atomic E-state index is 12.7. The standard InChI is InChI=1S/C25H22N6O3S2/c1-15-9-10-16(2)18(12-15)31-21(13-26-23(33)19-7-5-11-34-19)29-30-25(31)35-14-22(32)28-24-27-17-6-3-4-8-20(17)36-24/h3-12H,13-14H2,1-2H3,(H,26,33)(H,27,28,32). The Hall–Kier alpha value is -3.96. The molecule has 5 aromatic rings. The van der Waals surface area contributed by atoms with Crippen LogP contribution >= 0.6 is 23.1 Å². The van der Waals surface area contributed by atoms with Crippen LogP contribution in [0.15, 0.2) is 70.4 Å². The van der Waals surface area contributed by atoms with Crippen LogP contribution in [0, 0.1) is 13.8 Å². The van der Waals surface area contributed by atoms with Gasteiger partial charge in [-0.25, -0.2) is 4.98 Å². The van der Waals surface area contributed by atoms with Crippen molar-refractivity contribution in [2.24, 2.45) is 0 Å². The Kier molecular flexibility index (Phi) is 6.83. The first kappa shape index (κ1) is 23.8. The van der Waals surface area contributed by atoms with Gasteiger partial charge in [0.05, 0.1) is 34.5 Å². The van der Waals surface area contributed by atoms with Crippen LogP contribution in [-0.4, -0.2) is 37.3 Å². The molecule has 182 valence electrons. The van der Waals surface area contributed by atoms with Crippen molar-refractivity contribution >= 4 is 50.3 Å². The summed E-state index contributed by atoms with van der Waals surface area (Å²) in [5, 5.41) is 15.4. The van der Waals surface area contributed by atoms with E-state index >= 15 is 0 Å². The van der Waals surface area contributed by atoms with Crippen LogP contribution < -0.4 is 10.6 Å². The Bertz CT molecular complexity index is 1510. The van der Waals surface area contributed by atoms with Gasteiger partial charge in [0, 0.05) is 0 Å². The van der Waals surface area contributed by atoms with E-state index in [9.17, 15) is 9.59 Å². The molecule has 0 unspecified atom stereocenters. The average Bonchev–Trinajstić information content (AvgIpc) is 3.62. The lowest BCUT2D eigenvalue weighted by atomic mass is 10.1. The first-order valence-corrected chi connectivity index (χ1v) is 12.9. The number of carbonyl (C=O) groups excluding carboxylic acids is 2. The summed E-state index contributed by atoms with van der Waals surface area (Å²) in [6, 6.07) is 17.1. The highest BCUT2D eigenvalue weighted by molar-refractivity contribution is 7.99. The van der Waals surface area contributed by atoms with Crippen molar-refractivity contribution in [1.82, 2.24) is 25.1 Å². The first-order valence-electron chi connectivity index (χ1n) is 11.1.